The Kier molecular flexibility index (Phi) is 4.72. The van der Waals surface area contributed by atoms with Crippen LogP contribution in [-0.2, 0) is 6.42 Å². The maximum absolute atomic E-state index is 13.8. The van der Waals surface area contributed by atoms with Crippen LogP contribution in [0.25, 0.3) is 0 Å². The Bertz CT molecular complexity index is 568. The summed E-state index contributed by atoms with van der Waals surface area (Å²) in [7, 11) is 1.91. The van der Waals surface area contributed by atoms with Crippen molar-refractivity contribution >= 4 is 15.9 Å². The van der Waals surface area contributed by atoms with Gasteiger partial charge in [-0.25, -0.2) is 4.39 Å². The zero-order valence-electron chi connectivity index (χ0n) is 11.1. The van der Waals surface area contributed by atoms with Crippen LogP contribution < -0.4 is 5.32 Å². The molecule has 1 atom stereocenters. The lowest BCUT2D eigenvalue weighted by atomic mass is 9.95. The molecular formula is C16H17BrFN. The second-order valence-electron chi connectivity index (χ2n) is 4.64. The largest absolute Gasteiger partial charge is 0.313 e. The van der Waals surface area contributed by atoms with Crippen molar-refractivity contribution in [3.63, 3.8) is 0 Å². The van der Waals surface area contributed by atoms with Gasteiger partial charge in [-0.2, -0.15) is 0 Å². The summed E-state index contributed by atoms with van der Waals surface area (Å²) in [6.45, 7) is 2.08. The molecule has 2 rings (SSSR count). The summed E-state index contributed by atoms with van der Waals surface area (Å²) in [5.41, 5.74) is 3.15. The average molecular weight is 322 g/mol. The smallest absolute Gasteiger partial charge is 0.126 e. The SMILES string of the molecule is CNC(Cc1cc(Br)ccc1F)c1ccccc1C. The van der Waals surface area contributed by atoms with Crippen molar-refractivity contribution in [1.29, 1.82) is 0 Å². The summed E-state index contributed by atoms with van der Waals surface area (Å²) < 4.78 is 14.7. The van der Waals surface area contributed by atoms with Gasteiger partial charge in [-0.1, -0.05) is 40.2 Å². The van der Waals surface area contributed by atoms with Gasteiger partial charge < -0.3 is 5.32 Å². The summed E-state index contributed by atoms with van der Waals surface area (Å²) in [6.07, 6.45) is 0.632. The molecule has 0 aromatic heterocycles. The van der Waals surface area contributed by atoms with Crippen molar-refractivity contribution in [2.45, 2.75) is 19.4 Å². The van der Waals surface area contributed by atoms with Gasteiger partial charge in [-0.3, -0.25) is 0 Å². The lowest BCUT2D eigenvalue weighted by Gasteiger charge is -2.19. The highest BCUT2D eigenvalue weighted by Crippen LogP contribution is 2.24. The zero-order valence-corrected chi connectivity index (χ0v) is 12.7. The van der Waals surface area contributed by atoms with Gasteiger partial charge >= 0.3 is 0 Å². The van der Waals surface area contributed by atoms with E-state index >= 15 is 0 Å². The monoisotopic (exact) mass is 321 g/mol. The molecule has 0 bridgehead atoms. The minimum Gasteiger partial charge on any atom is -0.313 e. The average Bonchev–Trinajstić information content (AvgIpc) is 2.41. The molecule has 2 aromatic rings. The van der Waals surface area contributed by atoms with E-state index in [-0.39, 0.29) is 11.9 Å². The van der Waals surface area contributed by atoms with E-state index in [2.05, 4.69) is 40.3 Å². The minimum atomic E-state index is -0.156. The van der Waals surface area contributed by atoms with E-state index in [9.17, 15) is 4.39 Å². The molecular weight excluding hydrogens is 305 g/mol. The van der Waals surface area contributed by atoms with Crippen LogP contribution in [0.1, 0.15) is 22.7 Å². The minimum absolute atomic E-state index is 0.116. The van der Waals surface area contributed by atoms with Gasteiger partial charge in [-0.05, 0) is 55.3 Å². The fraction of sp³-hybridized carbons (Fsp3) is 0.250. The van der Waals surface area contributed by atoms with E-state index in [1.807, 2.05) is 25.2 Å². The first-order valence-corrected chi connectivity index (χ1v) is 7.08. The van der Waals surface area contributed by atoms with E-state index in [1.54, 1.807) is 6.07 Å². The molecule has 0 fully saturated rings. The first-order valence-electron chi connectivity index (χ1n) is 6.28. The highest BCUT2D eigenvalue weighted by molar-refractivity contribution is 9.10. The zero-order chi connectivity index (χ0) is 13.8. The summed E-state index contributed by atoms with van der Waals surface area (Å²) in [4.78, 5) is 0. The van der Waals surface area contributed by atoms with Crippen molar-refractivity contribution < 1.29 is 4.39 Å². The van der Waals surface area contributed by atoms with Crippen LogP contribution >= 0.6 is 15.9 Å². The second kappa shape index (κ2) is 6.31. The lowest BCUT2D eigenvalue weighted by Crippen LogP contribution is -2.20. The third-order valence-corrected chi connectivity index (χ3v) is 3.84. The van der Waals surface area contributed by atoms with Crippen LogP contribution in [0, 0.1) is 12.7 Å². The number of likely N-dealkylation sites (N-methyl/N-ethyl adjacent to an activating group) is 1. The Morgan fingerprint density at radius 3 is 2.63 bits per heavy atom. The van der Waals surface area contributed by atoms with Crippen LogP contribution in [0.15, 0.2) is 46.9 Å². The molecule has 0 aliphatic carbocycles. The number of hydrogen-bond acceptors (Lipinski definition) is 1. The molecule has 0 aliphatic heterocycles. The lowest BCUT2D eigenvalue weighted by molar-refractivity contribution is 0.552. The Morgan fingerprint density at radius 1 is 1.21 bits per heavy atom. The molecule has 0 saturated heterocycles. The van der Waals surface area contributed by atoms with Crippen LogP contribution in [0.4, 0.5) is 4.39 Å². The normalized spacial score (nSPS) is 12.4. The van der Waals surface area contributed by atoms with E-state index in [1.165, 1.54) is 17.2 Å². The van der Waals surface area contributed by atoms with Crippen molar-refractivity contribution in [2.75, 3.05) is 7.05 Å². The number of rotatable bonds is 4. The Morgan fingerprint density at radius 2 is 1.95 bits per heavy atom. The van der Waals surface area contributed by atoms with Crippen LogP contribution in [0.5, 0.6) is 0 Å². The molecule has 0 aliphatic rings. The van der Waals surface area contributed by atoms with Gasteiger partial charge in [0.1, 0.15) is 5.82 Å². The molecule has 1 N–H and O–H groups in total. The standard InChI is InChI=1S/C16H17BrFN/c1-11-5-3-4-6-14(11)16(19-2)10-12-9-13(17)7-8-15(12)18/h3-9,16,19H,10H2,1-2H3. The summed E-state index contributed by atoms with van der Waals surface area (Å²) in [6, 6.07) is 13.4. The number of aryl methyl sites for hydroxylation is 1. The van der Waals surface area contributed by atoms with Crippen LogP contribution in [0.3, 0.4) is 0 Å². The second-order valence-corrected chi connectivity index (χ2v) is 5.55. The van der Waals surface area contributed by atoms with Gasteiger partial charge in [0.2, 0.25) is 0 Å². The molecule has 1 nitrogen and oxygen atoms in total. The molecule has 100 valence electrons. The van der Waals surface area contributed by atoms with Crippen molar-refractivity contribution in [3.8, 4) is 0 Å². The number of benzene rings is 2. The molecule has 2 aromatic carbocycles. The van der Waals surface area contributed by atoms with Crippen molar-refractivity contribution in [3.05, 3.63) is 69.4 Å². The van der Waals surface area contributed by atoms with Gasteiger partial charge in [0.25, 0.3) is 0 Å². The van der Waals surface area contributed by atoms with Gasteiger partial charge in [0.15, 0.2) is 0 Å². The molecule has 0 heterocycles. The van der Waals surface area contributed by atoms with Crippen LogP contribution in [-0.4, -0.2) is 7.05 Å². The van der Waals surface area contributed by atoms with Crippen LogP contribution in [0.2, 0.25) is 0 Å². The van der Waals surface area contributed by atoms with E-state index in [4.69, 9.17) is 0 Å². The van der Waals surface area contributed by atoms with Crippen molar-refractivity contribution in [2.24, 2.45) is 0 Å². The first-order chi connectivity index (χ1) is 9.11. The predicted octanol–water partition coefficient (Wildman–Crippen LogP) is 4.40. The van der Waals surface area contributed by atoms with E-state index < -0.39 is 0 Å². The highest BCUT2D eigenvalue weighted by Gasteiger charge is 2.14. The summed E-state index contributed by atoms with van der Waals surface area (Å²) in [5.74, 6) is -0.156. The van der Waals surface area contributed by atoms with Crippen molar-refractivity contribution in [1.82, 2.24) is 5.32 Å². The third-order valence-electron chi connectivity index (χ3n) is 3.34. The van der Waals surface area contributed by atoms with E-state index in [0.29, 0.717) is 6.42 Å². The molecule has 19 heavy (non-hydrogen) atoms. The Balaban J connectivity index is 2.29. The maximum Gasteiger partial charge on any atom is 0.126 e. The predicted molar refractivity (Wildman–Crippen MR) is 80.8 cm³/mol. The highest BCUT2D eigenvalue weighted by atomic mass is 79.9. The molecule has 1 unspecified atom stereocenters. The van der Waals surface area contributed by atoms with Gasteiger partial charge in [-0.15, -0.1) is 0 Å². The number of nitrogens with one attached hydrogen (secondary N) is 1. The molecule has 0 amide bonds. The molecule has 0 radical (unpaired) electrons. The quantitative estimate of drug-likeness (QED) is 0.880. The number of hydrogen-bond donors (Lipinski definition) is 1. The molecule has 3 heteroatoms. The van der Waals surface area contributed by atoms with Gasteiger partial charge in [0.05, 0.1) is 0 Å². The first kappa shape index (κ1) is 14.2. The Labute approximate surface area is 122 Å². The Hall–Kier alpha value is -1.19. The summed E-state index contributed by atoms with van der Waals surface area (Å²) in [5, 5.41) is 3.27. The topological polar surface area (TPSA) is 12.0 Å². The number of halogens is 2. The third kappa shape index (κ3) is 3.43. The fourth-order valence-electron chi connectivity index (χ4n) is 2.26. The van der Waals surface area contributed by atoms with E-state index in [0.717, 1.165) is 10.0 Å². The summed E-state index contributed by atoms with van der Waals surface area (Å²) >= 11 is 3.39. The molecule has 0 spiro atoms. The fourth-order valence-corrected chi connectivity index (χ4v) is 2.67. The molecule has 0 saturated carbocycles. The maximum atomic E-state index is 13.8. The van der Waals surface area contributed by atoms with Gasteiger partial charge in [0, 0.05) is 10.5 Å².